The van der Waals surface area contributed by atoms with Gasteiger partial charge < -0.3 is 10.8 Å². The molecule has 2 aromatic rings. The number of aliphatic hydroxyl groups is 1. The van der Waals surface area contributed by atoms with E-state index < -0.39 is 5.72 Å². The second-order valence-corrected chi connectivity index (χ2v) is 6.64. The highest BCUT2D eigenvalue weighted by atomic mass is 32.1. The van der Waals surface area contributed by atoms with Gasteiger partial charge in [-0.2, -0.15) is 0 Å². The minimum atomic E-state index is -1.21. The lowest BCUT2D eigenvalue weighted by Gasteiger charge is -2.41. The van der Waals surface area contributed by atoms with Gasteiger partial charge in [0, 0.05) is 11.5 Å². The van der Waals surface area contributed by atoms with Crippen LogP contribution in [-0.2, 0) is 12.1 Å². The highest BCUT2D eigenvalue weighted by molar-refractivity contribution is 7.80. The molecule has 0 spiro atoms. The van der Waals surface area contributed by atoms with E-state index in [9.17, 15) is 5.11 Å². The Morgan fingerprint density at radius 1 is 1.17 bits per heavy atom. The average molecular weight is 325 g/mol. The number of benzene rings is 2. The standard InChI is InChI=1S/C18H19N3OS/c19-17(23)21-18(22)14-9-5-4-6-12(14)10-11-15(18)16(20-21)13-7-2-1-3-8-13/h1-9,15-16,20,22H,10-11H2,(H2,19,23). The van der Waals surface area contributed by atoms with Crippen LogP contribution < -0.4 is 11.2 Å². The summed E-state index contributed by atoms with van der Waals surface area (Å²) in [5.41, 5.74) is 11.2. The van der Waals surface area contributed by atoms with E-state index in [0.717, 1.165) is 29.5 Å². The molecule has 0 saturated carbocycles. The zero-order valence-electron chi connectivity index (χ0n) is 12.6. The summed E-state index contributed by atoms with van der Waals surface area (Å²) in [7, 11) is 0. The zero-order chi connectivity index (χ0) is 16.0. The van der Waals surface area contributed by atoms with Gasteiger partial charge in [-0.05, 0) is 36.2 Å². The lowest BCUT2D eigenvalue weighted by molar-refractivity contribution is -0.103. The van der Waals surface area contributed by atoms with Crippen molar-refractivity contribution in [2.45, 2.75) is 24.6 Å². The number of nitrogens with two attached hydrogens (primary N) is 1. The minimum Gasteiger partial charge on any atom is -0.375 e. The van der Waals surface area contributed by atoms with Crippen LogP contribution in [0.25, 0.3) is 0 Å². The molecule has 0 aromatic heterocycles. The van der Waals surface area contributed by atoms with Gasteiger partial charge in [-0.15, -0.1) is 0 Å². The SMILES string of the molecule is NC(=S)N1NC(c2ccccc2)C2CCc3ccccc3C21O. The van der Waals surface area contributed by atoms with Crippen LogP contribution in [0.2, 0.25) is 0 Å². The molecule has 4 N–H and O–H groups in total. The Kier molecular flexibility index (Phi) is 3.37. The maximum absolute atomic E-state index is 11.6. The summed E-state index contributed by atoms with van der Waals surface area (Å²) in [4.78, 5) is 0. The maximum Gasteiger partial charge on any atom is 0.185 e. The largest absolute Gasteiger partial charge is 0.375 e. The summed E-state index contributed by atoms with van der Waals surface area (Å²) in [5.74, 6) is -0.0127. The van der Waals surface area contributed by atoms with Crippen molar-refractivity contribution in [3.05, 3.63) is 71.3 Å². The van der Waals surface area contributed by atoms with Gasteiger partial charge in [0.25, 0.3) is 0 Å². The minimum absolute atomic E-state index is 0.0127. The molecule has 0 radical (unpaired) electrons. The van der Waals surface area contributed by atoms with Crippen LogP contribution in [0.15, 0.2) is 54.6 Å². The second-order valence-electron chi connectivity index (χ2n) is 6.22. The van der Waals surface area contributed by atoms with Gasteiger partial charge in [0.05, 0.1) is 6.04 Å². The Morgan fingerprint density at radius 3 is 2.61 bits per heavy atom. The Bertz CT molecular complexity index is 751. The Labute approximate surface area is 140 Å². The number of hydrogen-bond acceptors (Lipinski definition) is 3. The quantitative estimate of drug-likeness (QED) is 0.702. The zero-order valence-corrected chi connectivity index (χ0v) is 13.5. The maximum atomic E-state index is 11.6. The Morgan fingerprint density at radius 2 is 1.87 bits per heavy atom. The van der Waals surface area contributed by atoms with Gasteiger partial charge in [-0.3, -0.25) is 0 Å². The van der Waals surface area contributed by atoms with Gasteiger partial charge in [0.2, 0.25) is 0 Å². The van der Waals surface area contributed by atoms with Crippen molar-refractivity contribution in [1.82, 2.24) is 10.4 Å². The van der Waals surface area contributed by atoms with E-state index in [1.807, 2.05) is 36.4 Å². The number of hydrazine groups is 1. The van der Waals surface area contributed by atoms with Gasteiger partial charge >= 0.3 is 0 Å². The molecule has 5 heteroatoms. The summed E-state index contributed by atoms with van der Waals surface area (Å²) in [6, 6.07) is 18.1. The molecule has 1 fully saturated rings. The summed E-state index contributed by atoms with van der Waals surface area (Å²) < 4.78 is 0. The van der Waals surface area contributed by atoms with Crippen molar-refractivity contribution in [2.24, 2.45) is 11.7 Å². The van der Waals surface area contributed by atoms with E-state index in [2.05, 4.69) is 23.6 Å². The number of rotatable bonds is 1. The predicted octanol–water partition coefficient (Wildman–Crippen LogP) is 2.20. The first kappa shape index (κ1) is 14.6. The van der Waals surface area contributed by atoms with Crippen LogP contribution in [0.3, 0.4) is 0 Å². The second kappa shape index (κ2) is 5.30. The van der Waals surface area contributed by atoms with Crippen LogP contribution in [0, 0.1) is 5.92 Å². The average Bonchev–Trinajstić information content (AvgIpc) is 2.89. The van der Waals surface area contributed by atoms with Crippen molar-refractivity contribution in [2.75, 3.05) is 0 Å². The van der Waals surface area contributed by atoms with Crippen LogP contribution >= 0.6 is 12.2 Å². The summed E-state index contributed by atoms with van der Waals surface area (Å²) in [6.07, 6.45) is 1.82. The predicted molar refractivity (Wildman–Crippen MR) is 93.1 cm³/mol. The number of nitrogens with one attached hydrogen (secondary N) is 1. The fraction of sp³-hybridized carbons (Fsp3) is 0.278. The molecule has 1 aliphatic carbocycles. The molecule has 2 aliphatic rings. The van der Waals surface area contributed by atoms with Crippen LogP contribution in [0.4, 0.5) is 0 Å². The molecule has 4 nitrogen and oxygen atoms in total. The van der Waals surface area contributed by atoms with E-state index in [1.165, 1.54) is 0 Å². The molecule has 1 heterocycles. The van der Waals surface area contributed by atoms with Gasteiger partial charge in [-0.1, -0.05) is 54.6 Å². The normalized spacial score (nSPS) is 29.0. The molecule has 2 aromatic carbocycles. The molecular weight excluding hydrogens is 306 g/mol. The number of aryl methyl sites for hydroxylation is 1. The number of hydrogen-bond donors (Lipinski definition) is 3. The third kappa shape index (κ3) is 2.08. The molecule has 1 aliphatic heterocycles. The molecule has 0 bridgehead atoms. The summed E-state index contributed by atoms with van der Waals surface area (Å²) in [6.45, 7) is 0. The van der Waals surface area contributed by atoms with E-state index in [4.69, 9.17) is 18.0 Å². The van der Waals surface area contributed by atoms with Gasteiger partial charge in [-0.25, -0.2) is 10.4 Å². The highest BCUT2D eigenvalue weighted by Crippen LogP contribution is 2.51. The van der Waals surface area contributed by atoms with Crippen molar-refractivity contribution in [1.29, 1.82) is 0 Å². The molecule has 23 heavy (non-hydrogen) atoms. The topological polar surface area (TPSA) is 61.5 Å². The third-order valence-corrected chi connectivity index (χ3v) is 5.23. The Hall–Kier alpha value is -1.95. The summed E-state index contributed by atoms with van der Waals surface area (Å²) in [5, 5.41) is 13.4. The number of nitrogens with zero attached hydrogens (tertiary/aromatic N) is 1. The lowest BCUT2D eigenvalue weighted by Crippen LogP contribution is -2.54. The first-order chi connectivity index (χ1) is 11.1. The molecule has 118 valence electrons. The fourth-order valence-corrected chi connectivity index (χ4v) is 4.21. The van der Waals surface area contributed by atoms with Crippen LogP contribution in [0.5, 0.6) is 0 Å². The van der Waals surface area contributed by atoms with Crippen molar-refractivity contribution >= 4 is 17.3 Å². The first-order valence-electron chi connectivity index (χ1n) is 7.84. The van der Waals surface area contributed by atoms with Gasteiger partial charge in [0.1, 0.15) is 0 Å². The molecule has 3 unspecified atom stereocenters. The highest BCUT2D eigenvalue weighted by Gasteiger charge is 2.57. The van der Waals surface area contributed by atoms with Crippen molar-refractivity contribution < 1.29 is 5.11 Å². The monoisotopic (exact) mass is 325 g/mol. The molecule has 4 rings (SSSR count). The number of fused-ring (bicyclic) bond motifs is 3. The summed E-state index contributed by atoms with van der Waals surface area (Å²) >= 11 is 5.21. The van der Waals surface area contributed by atoms with Crippen molar-refractivity contribution in [3.63, 3.8) is 0 Å². The fourth-order valence-electron chi connectivity index (χ4n) is 4.02. The molecule has 0 amide bonds. The van der Waals surface area contributed by atoms with Crippen LogP contribution in [0.1, 0.15) is 29.2 Å². The van der Waals surface area contributed by atoms with E-state index in [0.29, 0.717) is 0 Å². The first-order valence-corrected chi connectivity index (χ1v) is 8.24. The number of thiocarbonyl (C=S) groups is 1. The molecule has 1 saturated heterocycles. The smallest absolute Gasteiger partial charge is 0.185 e. The van der Waals surface area contributed by atoms with Crippen molar-refractivity contribution in [3.8, 4) is 0 Å². The molecule has 3 atom stereocenters. The van der Waals surface area contributed by atoms with Gasteiger partial charge in [0.15, 0.2) is 10.8 Å². The lowest BCUT2D eigenvalue weighted by atomic mass is 9.73. The van der Waals surface area contributed by atoms with E-state index in [1.54, 1.807) is 5.01 Å². The van der Waals surface area contributed by atoms with E-state index in [-0.39, 0.29) is 17.1 Å². The van der Waals surface area contributed by atoms with E-state index >= 15 is 0 Å². The third-order valence-electron chi connectivity index (χ3n) is 5.05. The van der Waals surface area contributed by atoms with Crippen LogP contribution in [-0.4, -0.2) is 15.2 Å². The molecular formula is C18H19N3OS. The Balaban J connectivity index is 1.86.